The second-order valence-electron chi connectivity index (χ2n) is 9.82. The van der Waals surface area contributed by atoms with Crippen molar-refractivity contribution >= 4 is 17.2 Å². The summed E-state index contributed by atoms with van der Waals surface area (Å²) in [6.45, 7) is 6.70. The molecule has 5 rings (SSSR count). The molecule has 1 aliphatic heterocycles. The van der Waals surface area contributed by atoms with E-state index >= 15 is 0 Å². The zero-order valence-corrected chi connectivity index (χ0v) is 20.4. The Kier molecular flexibility index (Phi) is 6.66. The zero-order chi connectivity index (χ0) is 23.5. The van der Waals surface area contributed by atoms with Crippen molar-refractivity contribution in [1.29, 1.82) is 0 Å². The average molecular weight is 458 g/mol. The third-order valence-corrected chi connectivity index (χ3v) is 7.47. The summed E-state index contributed by atoms with van der Waals surface area (Å²) in [7, 11) is 0. The van der Waals surface area contributed by atoms with Crippen molar-refractivity contribution in [2.45, 2.75) is 58.8 Å². The fourth-order valence-corrected chi connectivity index (χ4v) is 5.17. The highest BCUT2D eigenvalue weighted by atomic mass is 16.1. The van der Waals surface area contributed by atoms with Gasteiger partial charge in [0.25, 0.3) is 0 Å². The fourth-order valence-electron chi connectivity index (χ4n) is 5.17. The highest BCUT2D eigenvalue weighted by Gasteiger charge is 2.26. The fraction of sp³-hybridized carbons (Fsp3) is 0.464. The van der Waals surface area contributed by atoms with Crippen LogP contribution in [0.25, 0.3) is 16.8 Å². The topological polar surface area (TPSA) is 62.5 Å². The monoisotopic (exact) mass is 457 g/mol. The van der Waals surface area contributed by atoms with E-state index in [1.165, 1.54) is 42.4 Å². The summed E-state index contributed by atoms with van der Waals surface area (Å²) < 4.78 is 1.92. The summed E-state index contributed by atoms with van der Waals surface area (Å²) in [5, 5.41) is 7.99. The predicted molar refractivity (Wildman–Crippen MR) is 137 cm³/mol. The number of rotatable bonds is 6. The standard InChI is InChI=1S/C28H35N5O/c1-20-8-9-24(18-21(20)2)25-19-26-27(29-14-17-33(26)31-25)32-15-11-23(12-16-32)28(34)30-13-10-22-6-4-3-5-7-22/h6,8-9,14,17-19,23H,3-5,7,10-13,15-16H2,1-2H3,(H,30,34). The molecule has 6 heteroatoms. The molecule has 1 fully saturated rings. The number of carbonyl (C=O) groups excluding carboxylic acids is 1. The van der Waals surface area contributed by atoms with Crippen LogP contribution in [0.2, 0.25) is 0 Å². The van der Waals surface area contributed by atoms with E-state index in [4.69, 9.17) is 10.1 Å². The molecule has 1 saturated heterocycles. The van der Waals surface area contributed by atoms with Gasteiger partial charge in [0.15, 0.2) is 5.82 Å². The minimum Gasteiger partial charge on any atom is -0.356 e. The van der Waals surface area contributed by atoms with Gasteiger partial charge in [-0.2, -0.15) is 5.10 Å². The van der Waals surface area contributed by atoms with Gasteiger partial charge in [0.1, 0.15) is 5.52 Å². The third-order valence-electron chi connectivity index (χ3n) is 7.47. The molecule has 1 amide bonds. The van der Waals surface area contributed by atoms with Gasteiger partial charge in [-0.15, -0.1) is 0 Å². The summed E-state index contributed by atoms with van der Waals surface area (Å²) in [5.74, 6) is 1.25. The molecule has 34 heavy (non-hydrogen) atoms. The number of fused-ring (bicyclic) bond motifs is 1. The van der Waals surface area contributed by atoms with Crippen molar-refractivity contribution in [3.8, 4) is 11.3 Å². The molecule has 2 aliphatic rings. The SMILES string of the molecule is Cc1ccc(-c2cc3c(N4CCC(C(=O)NCCC5=CCCCC5)CC4)nccn3n2)cc1C. The molecule has 1 N–H and O–H groups in total. The van der Waals surface area contributed by atoms with Crippen LogP contribution in [-0.4, -0.2) is 40.1 Å². The molecule has 2 aromatic heterocycles. The number of carbonyl (C=O) groups is 1. The Morgan fingerprint density at radius 1 is 1.12 bits per heavy atom. The largest absolute Gasteiger partial charge is 0.356 e. The Morgan fingerprint density at radius 3 is 2.74 bits per heavy atom. The van der Waals surface area contributed by atoms with Crippen LogP contribution < -0.4 is 10.2 Å². The van der Waals surface area contributed by atoms with Gasteiger partial charge in [0.05, 0.1) is 5.69 Å². The van der Waals surface area contributed by atoms with E-state index < -0.39 is 0 Å². The molecule has 0 atom stereocenters. The molecule has 1 aliphatic carbocycles. The number of hydrogen-bond donors (Lipinski definition) is 1. The lowest BCUT2D eigenvalue weighted by atomic mass is 9.95. The van der Waals surface area contributed by atoms with Gasteiger partial charge in [-0.3, -0.25) is 4.79 Å². The van der Waals surface area contributed by atoms with E-state index in [1.54, 1.807) is 0 Å². The molecular formula is C28H35N5O. The maximum absolute atomic E-state index is 12.7. The molecule has 0 saturated carbocycles. The molecule has 0 bridgehead atoms. The number of benzene rings is 1. The number of nitrogens with zero attached hydrogens (tertiary/aromatic N) is 4. The van der Waals surface area contributed by atoms with Crippen LogP contribution in [0.15, 0.2) is 48.3 Å². The van der Waals surface area contributed by atoms with Crippen molar-refractivity contribution in [2.75, 3.05) is 24.5 Å². The summed E-state index contributed by atoms with van der Waals surface area (Å²) in [4.78, 5) is 19.7. The molecule has 178 valence electrons. The Hall–Kier alpha value is -3.15. The van der Waals surface area contributed by atoms with Crippen LogP contribution in [0.3, 0.4) is 0 Å². The number of aryl methyl sites for hydroxylation is 2. The van der Waals surface area contributed by atoms with Crippen molar-refractivity contribution in [1.82, 2.24) is 19.9 Å². The number of anilines is 1. The number of amides is 1. The van der Waals surface area contributed by atoms with Gasteiger partial charge in [-0.25, -0.2) is 9.50 Å². The van der Waals surface area contributed by atoms with Gasteiger partial charge in [-0.05, 0) is 82.1 Å². The quantitative estimate of drug-likeness (QED) is 0.515. The highest BCUT2D eigenvalue weighted by molar-refractivity contribution is 5.79. The normalized spacial score (nSPS) is 17.1. The van der Waals surface area contributed by atoms with Crippen molar-refractivity contribution in [3.63, 3.8) is 0 Å². The predicted octanol–water partition coefficient (Wildman–Crippen LogP) is 5.24. The van der Waals surface area contributed by atoms with Crippen LogP contribution in [-0.2, 0) is 4.79 Å². The Balaban J connectivity index is 1.22. The number of allylic oxidation sites excluding steroid dienone is 1. The van der Waals surface area contributed by atoms with Crippen LogP contribution in [0, 0.1) is 19.8 Å². The maximum Gasteiger partial charge on any atom is 0.223 e. The lowest BCUT2D eigenvalue weighted by Crippen LogP contribution is -2.41. The van der Waals surface area contributed by atoms with Gasteiger partial charge in [0.2, 0.25) is 5.91 Å². The summed E-state index contributed by atoms with van der Waals surface area (Å²) in [6.07, 6.45) is 13.8. The Bertz CT molecular complexity index is 1200. The molecule has 0 spiro atoms. The van der Waals surface area contributed by atoms with Crippen molar-refractivity contribution < 1.29 is 4.79 Å². The lowest BCUT2D eigenvalue weighted by Gasteiger charge is -2.32. The zero-order valence-electron chi connectivity index (χ0n) is 20.4. The number of piperidine rings is 1. The van der Waals surface area contributed by atoms with Crippen LogP contribution in [0.1, 0.15) is 56.1 Å². The Morgan fingerprint density at radius 2 is 1.97 bits per heavy atom. The first-order valence-electron chi connectivity index (χ1n) is 12.7. The van der Waals surface area contributed by atoms with E-state index in [-0.39, 0.29) is 11.8 Å². The number of aromatic nitrogens is 3. The van der Waals surface area contributed by atoms with E-state index in [2.05, 4.69) is 54.4 Å². The molecule has 3 heterocycles. The molecular weight excluding hydrogens is 422 g/mol. The maximum atomic E-state index is 12.7. The lowest BCUT2D eigenvalue weighted by molar-refractivity contribution is -0.125. The summed E-state index contributed by atoms with van der Waals surface area (Å²) in [6, 6.07) is 8.60. The minimum atomic E-state index is 0.0901. The van der Waals surface area contributed by atoms with Crippen molar-refractivity contribution in [2.24, 2.45) is 5.92 Å². The first-order valence-corrected chi connectivity index (χ1v) is 12.7. The number of nitrogens with one attached hydrogen (secondary N) is 1. The average Bonchev–Trinajstić information content (AvgIpc) is 3.31. The number of hydrogen-bond acceptors (Lipinski definition) is 4. The van der Waals surface area contributed by atoms with Crippen LogP contribution in [0.5, 0.6) is 0 Å². The highest BCUT2D eigenvalue weighted by Crippen LogP contribution is 2.29. The van der Waals surface area contributed by atoms with E-state index in [1.807, 2.05) is 16.9 Å². The molecule has 6 nitrogen and oxygen atoms in total. The molecule has 0 unspecified atom stereocenters. The van der Waals surface area contributed by atoms with Gasteiger partial charge in [-0.1, -0.05) is 23.8 Å². The first-order chi connectivity index (χ1) is 16.6. The first kappa shape index (κ1) is 22.6. The van der Waals surface area contributed by atoms with E-state index in [9.17, 15) is 4.79 Å². The summed E-state index contributed by atoms with van der Waals surface area (Å²) in [5.41, 5.74) is 7.16. The summed E-state index contributed by atoms with van der Waals surface area (Å²) >= 11 is 0. The van der Waals surface area contributed by atoms with Gasteiger partial charge in [0, 0.05) is 43.5 Å². The second kappa shape index (κ2) is 10.00. The Labute approximate surface area is 202 Å². The van der Waals surface area contributed by atoms with Crippen LogP contribution in [0.4, 0.5) is 5.82 Å². The minimum absolute atomic E-state index is 0.0901. The smallest absolute Gasteiger partial charge is 0.223 e. The molecule has 3 aromatic rings. The third kappa shape index (κ3) is 4.86. The van der Waals surface area contributed by atoms with E-state index in [0.717, 1.165) is 61.5 Å². The van der Waals surface area contributed by atoms with Gasteiger partial charge < -0.3 is 10.2 Å². The van der Waals surface area contributed by atoms with Gasteiger partial charge >= 0.3 is 0 Å². The van der Waals surface area contributed by atoms with Crippen LogP contribution >= 0.6 is 0 Å². The van der Waals surface area contributed by atoms with Crippen molar-refractivity contribution in [3.05, 3.63) is 59.4 Å². The second-order valence-corrected chi connectivity index (χ2v) is 9.82. The van der Waals surface area contributed by atoms with E-state index in [0.29, 0.717) is 0 Å². The molecule has 0 radical (unpaired) electrons. The molecule has 1 aromatic carbocycles.